The van der Waals surface area contributed by atoms with Crippen molar-refractivity contribution in [2.24, 2.45) is 5.92 Å². The van der Waals surface area contributed by atoms with Crippen molar-refractivity contribution in [3.63, 3.8) is 0 Å². The molecule has 0 saturated carbocycles. The van der Waals surface area contributed by atoms with Crippen LogP contribution in [0.1, 0.15) is 37.2 Å². The first-order valence-corrected chi connectivity index (χ1v) is 10.2. The lowest BCUT2D eigenvalue weighted by molar-refractivity contribution is -0.124. The van der Waals surface area contributed by atoms with Crippen molar-refractivity contribution in [2.45, 2.75) is 39.7 Å². The molecule has 1 aromatic carbocycles. The van der Waals surface area contributed by atoms with Crippen molar-refractivity contribution < 1.29 is 4.79 Å². The molecule has 1 aliphatic rings. The van der Waals surface area contributed by atoms with Crippen LogP contribution in [0.15, 0.2) is 30.3 Å². The van der Waals surface area contributed by atoms with E-state index in [0.29, 0.717) is 12.5 Å². The molecule has 3 heterocycles. The molecule has 8 heteroatoms. The highest BCUT2D eigenvalue weighted by Gasteiger charge is 2.23. The molecule has 4 rings (SSSR count). The van der Waals surface area contributed by atoms with E-state index in [2.05, 4.69) is 30.4 Å². The molecule has 1 N–H and O–H groups in total. The zero-order chi connectivity index (χ0) is 20.4. The van der Waals surface area contributed by atoms with Crippen molar-refractivity contribution in [2.75, 3.05) is 24.5 Å². The van der Waals surface area contributed by atoms with Gasteiger partial charge in [-0.3, -0.25) is 4.79 Å². The van der Waals surface area contributed by atoms with E-state index >= 15 is 0 Å². The summed E-state index contributed by atoms with van der Waals surface area (Å²) in [6, 6.07) is 9.19. The second kappa shape index (κ2) is 8.14. The first-order chi connectivity index (χ1) is 14.0. The summed E-state index contributed by atoms with van der Waals surface area (Å²) in [5.41, 5.74) is 3.59. The zero-order valence-corrected chi connectivity index (χ0v) is 17.2. The molecule has 1 atom stereocenters. The average Bonchev–Trinajstić information content (AvgIpc) is 3.15. The van der Waals surface area contributed by atoms with Gasteiger partial charge in [-0.2, -0.15) is 15.0 Å². The third-order valence-electron chi connectivity index (χ3n) is 5.46. The van der Waals surface area contributed by atoms with E-state index in [1.807, 2.05) is 51.1 Å². The summed E-state index contributed by atoms with van der Waals surface area (Å²) in [6.07, 6.45) is 2.02. The van der Waals surface area contributed by atoms with Crippen LogP contribution in [-0.2, 0) is 4.79 Å². The summed E-state index contributed by atoms with van der Waals surface area (Å²) in [4.78, 5) is 25.4. The smallest absolute Gasteiger partial charge is 0.246 e. The third kappa shape index (κ3) is 4.36. The number of piperidine rings is 1. The number of carbonyl (C=O) groups excluding carboxylic acids is 1. The number of carbonyl (C=O) groups is 1. The Kier molecular flexibility index (Phi) is 5.42. The number of nitrogens with one attached hydrogen (secondary N) is 1. The first kappa shape index (κ1) is 19.3. The van der Waals surface area contributed by atoms with Gasteiger partial charge in [-0.25, -0.2) is 9.97 Å². The number of nitrogens with zero attached hydrogens (tertiary/aromatic N) is 6. The summed E-state index contributed by atoms with van der Waals surface area (Å²) in [5.74, 6) is 1.22. The summed E-state index contributed by atoms with van der Waals surface area (Å²) in [5, 5.41) is 11.9. The Labute approximate surface area is 170 Å². The van der Waals surface area contributed by atoms with Crippen molar-refractivity contribution in [1.29, 1.82) is 0 Å². The maximum Gasteiger partial charge on any atom is 0.246 e. The van der Waals surface area contributed by atoms with Gasteiger partial charge in [0.15, 0.2) is 0 Å². The number of fused-ring (bicyclic) bond motifs is 1. The molecule has 152 valence electrons. The van der Waals surface area contributed by atoms with E-state index in [1.54, 1.807) is 0 Å². The van der Waals surface area contributed by atoms with Gasteiger partial charge in [0, 0.05) is 31.0 Å². The Bertz CT molecular complexity index is 954. The van der Waals surface area contributed by atoms with Crippen LogP contribution in [-0.4, -0.2) is 50.5 Å². The predicted molar refractivity (Wildman–Crippen MR) is 112 cm³/mol. The van der Waals surface area contributed by atoms with Crippen molar-refractivity contribution in [1.82, 2.24) is 30.3 Å². The lowest BCUT2D eigenvalue weighted by Crippen LogP contribution is -2.41. The van der Waals surface area contributed by atoms with E-state index < -0.39 is 6.04 Å². The Morgan fingerprint density at radius 1 is 1.10 bits per heavy atom. The fourth-order valence-corrected chi connectivity index (χ4v) is 3.73. The Morgan fingerprint density at radius 2 is 1.69 bits per heavy atom. The van der Waals surface area contributed by atoms with Gasteiger partial charge >= 0.3 is 0 Å². The minimum absolute atomic E-state index is 0.0506. The second-order valence-electron chi connectivity index (χ2n) is 7.81. The number of amides is 1. The SMILES string of the molecule is Cc1cc(C)nc(N2CCC(CNC(=O)C(C)n3nc4ccccc4n3)CC2)n1. The number of anilines is 1. The molecule has 0 spiro atoms. The molecule has 1 fully saturated rings. The molecule has 0 aliphatic carbocycles. The highest BCUT2D eigenvalue weighted by atomic mass is 16.2. The topological polar surface area (TPSA) is 88.8 Å². The van der Waals surface area contributed by atoms with Crippen molar-refractivity contribution >= 4 is 22.9 Å². The van der Waals surface area contributed by atoms with Crippen LogP contribution in [0, 0.1) is 19.8 Å². The predicted octanol–water partition coefficient (Wildman–Crippen LogP) is 2.43. The van der Waals surface area contributed by atoms with Crippen LogP contribution in [0.3, 0.4) is 0 Å². The number of aryl methyl sites for hydroxylation is 2. The summed E-state index contributed by atoms with van der Waals surface area (Å²) < 4.78 is 0. The molecular formula is C21H27N7O. The van der Waals surface area contributed by atoms with E-state index in [9.17, 15) is 4.79 Å². The molecule has 29 heavy (non-hydrogen) atoms. The average molecular weight is 393 g/mol. The molecule has 2 aromatic heterocycles. The minimum Gasteiger partial charge on any atom is -0.354 e. The monoisotopic (exact) mass is 393 g/mol. The Hall–Kier alpha value is -3.03. The summed E-state index contributed by atoms with van der Waals surface area (Å²) in [6.45, 7) is 8.31. The van der Waals surface area contributed by atoms with Gasteiger partial charge in [0.05, 0.1) is 0 Å². The molecule has 3 aromatic rings. The number of hydrogen-bond donors (Lipinski definition) is 1. The molecule has 1 unspecified atom stereocenters. The normalized spacial score (nSPS) is 16.2. The van der Waals surface area contributed by atoms with E-state index in [-0.39, 0.29) is 5.91 Å². The number of rotatable bonds is 5. The Balaban J connectivity index is 1.29. The van der Waals surface area contributed by atoms with Crippen LogP contribution in [0.2, 0.25) is 0 Å². The largest absolute Gasteiger partial charge is 0.354 e. The molecular weight excluding hydrogens is 366 g/mol. The molecule has 1 amide bonds. The maximum absolute atomic E-state index is 12.6. The Morgan fingerprint density at radius 3 is 2.28 bits per heavy atom. The zero-order valence-electron chi connectivity index (χ0n) is 17.2. The van der Waals surface area contributed by atoms with Gasteiger partial charge in [0.1, 0.15) is 17.1 Å². The van der Waals surface area contributed by atoms with E-state index in [4.69, 9.17) is 0 Å². The van der Waals surface area contributed by atoms with Gasteiger partial charge in [-0.15, -0.1) is 0 Å². The maximum atomic E-state index is 12.6. The van der Waals surface area contributed by atoms with Crippen molar-refractivity contribution in [3.05, 3.63) is 41.7 Å². The number of aromatic nitrogens is 5. The van der Waals surface area contributed by atoms with Gasteiger partial charge in [-0.05, 0) is 57.7 Å². The summed E-state index contributed by atoms with van der Waals surface area (Å²) in [7, 11) is 0. The van der Waals surface area contributed by atoms with Gasteiger partial charge in [0.25, 0.3) is 0 Å². The highest BCUT2D eigenvalue weighted by Crippen LogP contribution is 2.21. The van der Waals surface area contributed by atoms with E-state index in [0.717, 1.165) is 54.3 Å². The third-order valence-corrected chi connectivity index (χ3v) is 5.46. The standard InChI is InChI=1S/C21H27N7O/c1-14-12-15(2)24-21(23-14)27-10-8-17(9-11-27)13-22-20(29)16(3)28-25-18-6-4-5-7-19(18)26-28/h4-7,12,16-17H,8-11,13H2,1-3H3,(H,22,29). The quantitative estimate of drug-likeness (QED) is 0.716. The number of benzene rings is 1. The second-order valence-corrected chi connectivity index (χ2v) is 7.81. The lowest BCUT2D eigenvalue weighted by Gasteiger charge is -2.32. The fourth-order valence-electron chi connectivity index (χ4n) is 3.73. The van der Waals surface area contributed by atoms with Gasteiger partial charge in [0.2, 0.25) is 11.9 Å². The minimum atomic E-state index is -0.439. The first-order valence-electron chi connectivity index (χ1n) is 10.2. The van der Waals surface area contributed by atoms with Crippen LogP contribution in [0.5, 0.6) is 0 Å². The lowest BCUT2D eigenvalue weighted by atomic mass is 9.97. The molecule has 0 bridgehead atoms. The van der Waals surface area contributed by atoms with Crippen LogP contribution >= 0.6 is 0 Å². The van der Waals surface area contributed by atoms with Crippen LogP contribution < -0.4 is 10.2 Å². The summed E-state index contributed by atoms with van der Waals surface area (Å²) >= 11 is 0. The molecule has 1 saturated heterocycles. The van der Waals surface area contributed by atoms with Crippen molar-refractivity contribution in [3.8, 4) is 0 Å². The number of hydrogen-bond acceptors (Lipinski definition) is 6. The van der Waals surface area contributed by atoms with Gasteiger partial charge in [-0.1, -0.05) is 12.1 Å². The van der Waals surface area contributed by atoms with Crippen LogP contribution in [0.4, 0.5) is 5.95 Å². The highest BCUT2D eigenvalue weighted by molar-refractivity contribution is 5.80. The fraction of sp³-hybridized carbons (Fsp3) is 0.476. The van der Waals surface area contributed by atoms with Crippen LogP contribution in [0.25, 0.3) is 11.0 Å². The molecule has 8 nitrogen and oxygen atoms in total. The molecule has 1 aliphatic heterocycles. The van der Waals surface area contributed by atoms with E-state index in [1.165, 1.54) is 4.80 Å². The molecule has 0 radical (unpaired) electrons. The van der Waals surface area contributed by atoms with Gasteiger partial charge < -0.3 is 10.2 Å².